The predicted molar refractivity (Wildman–Crippen MR) is 106 cm³/mol. The minimum Gasteiger partial charge on any atom is -0.481 e. The van der Waals surface area contributed by atoms with Crippen molar-refractivity contribution in [1.29, 1.82) is 0 Å². The van der Waals surface area contributed by atoms with Crippen molar-refractivity contribution in [1.82, 2.24) is 4.98 Å². The fourth-order valence-electron chi connectivity index (χ4n) is 3.04. The molecule has 0 aliphatic heterocycles. The van der Waals surface area contributed by atoms with E-state index in [1.54, 1.807) is 18.2 Å². The molecule has 6 heteroatoms. The first-order chi connectivity index (χ1) is 13.2. The Morgan fingerprint density at radius 3 is 2.43 bits per heavy atom. The molecule has 0 aliphatic rings. The van der Waals surface area contributed by atoms with Crippen LogP contribution in [0.15, 0.2) is 36.4 Å². The molecule has 5 nitrogen and oxygen atoms in total. The second-order valence-corrected chi connectivity index (χ2v) is 7.19. The largest absolute Gasteiger partial charge is 0.481 e. The highest BCUT2D eigenvalue weighted by atomic mass is 19.1. The molecule has 0 spiro atoms. The van der Waals surface area contributed by atoms with Crippen LogP contribution in [0.2, 0.25) is 0 Å². The number of aromatic nitrogens is 1. The maximum Gasteiger partial charge on any atom is 0.305 e. The summed E-state index contributed by atoms with van der Waals surface area (Å²) in [5.74, 6) is -1.32. The third kappa shape index (κ3) is 5.97. The van der Waals surface area contributed by atoms with Crippen molar-refractivity contribution in [2.45, 2.75) is 51.7 Å². The number of aliphatic carboxylic acids is 1. The summed E-state index contributed by atoms with van der Waals surface area (Å²) in [5, 5.41) is 28.6. The third-order valence-electron chi connectivity index (χ3n) is 4.33. The number of halogens is 1. The van der Waals surface area contributed by atoms with Crippen molar-refractivity contribution < 1.29 is 24.5 Å². The van der Waals surface area contributed by atoms with Gasteiger partial charge in [-0.1, -0.05) is 38.1 Å². The zero-order valence-corrected chi connectivity index (χ0v) is 16.3. The van der Waals surface area contributed by atoms with Gasteiger partial charge in [0, 0.05) is 17.7 Å². The van der Waals surface area contributed by atoms with Crippen LogP contribution < -0.4 is 0 Å². The topological polar surface area (TPSA) is 90.7 Å². The average molecular weight is 387 g/mol. The van der Waals surface area contributed by atoms with E-state index < -0.39 is 24.6 Å². The van der Waals surface area contributed by atoms with Gasteiger partial charge in [0.05, 0.1) is 24.3 Å². The molecule has 0 fully saturated rings. The first kappa shape index (κ1) is 21.7. The van der Waals surface area contributed by atoms with E-state index in [0.717, 1.165) is 28.1 Å². The molecule has 1 unspecified atom stereocenters. The molecule has 0 saturated heterocycles. The van der Waals surface area contributed by atoms with E-state index in [4.69, 9.17) is 5.11 Å². The molecule has 0 bridgehead atoms. The maximum absolute atomic E-state index is 13.3. The Hall–Kier alpha value is -2.57. The minimum atomic E-state index is -1.13. The lowest BCUT2D eigenvalue weighted by atomic mass is 9.93. The molecule has 0 saturated carbocycles. The fourth-order valence-corrected chi connectivity index (χ4v) is 3.04. The van der Waals surface area contributed by atoms with Gasteiger partial charge in [-0.2, -0.15) is 0 Å². The van der Waals surface area contributed by atoms with Gasteiger partial charge in [-0.25, -0.2) is 4.39 Å². The molecular formula is C22H26FNO4. The summed E-state index contributed by atoms with van der Waals surface area (Å²) in [6.45, 7) is 5.92. The molecule has 2 rings (SSSR count). The SMILES string of the molecule is Cc1cc(-c2ccc(F)cc2)c(C=C[C@@H](O)CC(O)CC(=O)O)c(C(C)C)n1. The van der Waals surface area contributed by atoms with Crippen molar-refractivity contribution >= 4 is 12.0 Å². The molecule has 2 aromatic rings. The summed E-state index contributed by atoms with van der Waals surface area (Å²) in [5.41, 5.74) is 4.17. The second kappa shape index (κ2) is 9.57. The smallest absolute Gasteiger partial charge is 0.305 e. The van der Waals surface area contributed by atoms with Crippen LogP contribution in [0.4, 0.5) is 4.39 Å². The van der Waals surface area contributed by atoms with Crippen LogP contribution in [0.1, 0.15) is 49.6 Å². The zero-order chi connectivity index (χ0) is 20.8. The Kier molecular flexibility index (Phi) is 7.43. The molecule has 1 aromatic carbocycles. The molecular weight excluding hydrogens is 361 g/mol. The lowest BCUT2D eigenvalue weighted by Crippen LogP contribution is -2.19. The Morgan fingerprint density at radius 2 is 1.86 bits per heavy atom. The van der Waals surface area contributed by atoms with Crippen molar-refractivity contribution in [3.05, 3.63) is 59.2 Å². The number of benzene rings is 1. The molecule has 2 atom stereocenters. The van der Waals surface area contributed by atoms with Crippen LogP contribution in [0.3, 0.4) is 0 Å². The molecule has 1 aromatic heterocycles. The number of carboxylic acids is 1. The highest BCUT2D eigenvalue weighted by Gasteiger charge is 2.16. The van der Waals surface area contributed by atoms with Gasteiger partial charge < -0.3 is 15.3 Å². The van der Waals surface area contributed by atoms with Gasteiger partial charge in [-0.3, -0.25) is 9.78 Å². The van der Waals surface area contributed by atoms with E-state index in [1.807, 2.05) is 26.8 Å². The van der Waals surface area contributed by atoms with Gasteiger partial charge in [-0.05, 0) is 42.2 Å². The lowest BCUT2D eigenvalue weighted by molar-refractivity contribution is -0.139. The van der Waals surface area contributed by atoms with Crippen LogP contribution >= 0.6 is 0 Å². The molecule has 3 N–H and O–H groups in total. The minimum absolute atomic E-state index is 0.0784. The van der Waals surface area contributed by atoms with Crippen LogP contribution in [0, 0.1) is 12.7 Å². The van der Waals surface area contributed by atoms with Crippen molar-refractivity contribution in [2.75, 3.05) is 0 Å². The molecule has 1 heterocycles. The van der Waals surface area contributed by atoms with Gasteiger partial charge >= 0.3 is 5.97 Å². The van der Waals surface area contributed by atoms with Gasteiger partial charge in [-0.15, -0.1) is 0 Å². The van der Waals surface area contributed by atoms with Crippen LogP contribution in [0.25, 0.3) is 17.2 Å². The summed E-state index contributed by atoms with van der Waals surface area (Å²) in [7, 11) is 0. The maximum atomic E-state index is 13.3. The second-order valence-electron chi connectivity index (χ2n) is 7.19. The molecule has 0 aliphatic carbocycles. The Bertz CT molecular complexity index is 846. The van der Waals surface area contributed by atoms with E-state index in [1.165, 1.54) is 18.2 Å². The van der Waals surface area contributed by atoms with E-state index in [-0.39, 0.29) is 18.2 Å². The van der Waals surface area contributed by atoms with Gasteiger partial charge in [0.15, 0.2) is 0 Å². The first-order valence-electron chi connectivity index (χ1n) is 9.21. The normalized spacial score (nSPS) is 13.8. The van der Waals surface area contributed by atoms with E-state index in [2.05, 4.69) is 4.98 Å². The number of pyridine rings is 1. The zero-order valence-electron chi connectivity index (χ0n) is 16.3. The quantitative estimate of drug-likeness (QED) is 0.639. The standard InChI is InChI=1S/C22H26FNO4/c1-13(2)22-19(9-8-17(25)11-18(26)12-21(27)28)20(10-14(3)24-22)15-4-6-16(23)7-5-15/h4-10,13,17-18,25-26H,11-12H2,1-3H3,(H,27,28)/t17-,18?/m1/s1. The molecule has 150 valence electrons. The van der Waals surface area contributed by atoms with Crippen molar-refractivity contribution in [2.24, 2.45) is 0 Å². The Morgan fingerprint density at radius 1 is 1.21 bits per heavy atom. The highest BCUT2D eigenvalue weighted by molar-refractivity contribution is 5.77. The molecule has 28 heavy (non-hydrogen) atoms. The summed E-state index contributed by atoms with van der Waals surface area (Å²) >= 11 is 0. The Labute approximate surface area is 164 Å². The summed E-state index contributed by atoms with van der Waals surface area (Å²) < 4.78 is 13.3. The fraction of sp³-hybridized carbons (Fsp3) is 0.364. The molecule has 0 radical (unpaired) electrons. The first-order valence-corrected chi connectivity index (χ1v) is 9.21. The van der Waals surface area contributed by atoms with Gasteiger partial charge in [0.2, 0.25) is 0 Å². The summed E-state index contributed by atoms with van der Waals surface area (Å²) in [4.78, 5) is 15.3. The summed E-state index contributed by atoms with van der Waals surface area (Å²) in [6, 6.07) is 8.08. The number of carboxylic acid groups (broad SMARTS) is 1. The van der Waals surface area contributed by atoms with E-state index in [0.29, 0.717) is 0 Å². The van der Waals surface area contributed by atoms with Gasteiger partial charge in [0.25, 0.3) is 0 Å². The summed E-state index contributed by atoms with van der Waals surface area (Å²) in [6.07, 6.45) is 0.626. The number of carbonyl (C=O) groups is 1. The monoisotopic (exact) mass is 387 g/mol. The Balaban J connectivity index is 2.40. The average Bonchev–Trinajstić information content (AvgIpc) is 2.59. The number of aliphatic hydroxyl groups excluding tert-OH is 2. The number of aryl methyl sites for hydroxylation is 1. The number of nitrogens with zero attached hydrogens (tertiary/aromatic N) is 1. The van der Waals surface area contributed by atoms with Crippen LogP contribution in [-0.4, -0.2) is 38.5 Å². The predicted octanol–water partition coefficient (Wildman–Crippen LogP) is 3.92. The van der Waals surface area contributed by atoms with E-state index in [9.17, 15) is 19.4 Å². The lowest BCUT2D eigenvalue weighted by Gasteiger charge is -2.17. The number of rotatable bonds is 8. The van der Waals surface area contributed by atoms with Gasteiger partial charge in [0.1, 0.15) is 5.82 Å². The number of hydrogen-bond acceptors (Lipinski definition) is 4. The van der Waals surface area contributed by atoms with E-state index >= 15 is 0 Å². The number of aliphatic hydroxyl groups is 2. The third-order valence-corrected chi connectivity index (χ3v) is 4.33. The van der Waals surface area contributed by atoms with Crippen molar-refractivity contribution in [3.8, 4) is 11.1 Å². The highest BCUT2D eigenvalue weighted by Crippen LogP contribution is 2.31. The van der Waals surface area contributed by atoms with Crippen LogP contribution in [0.5, 0.6) is 0 Å². The van der Waals surface area contributed by atoms with Crippen molar-refractivity contribution in [3.63, 3.8) is 0 Å². The van der Waals surface area contributed by atoms with Crippen LogP contribution in [-0.2, 0) is 4.79 Å². The number of hydrogen-bond donors (Lipinski definition) is 3. The molecule has 0 amide bonds.